The van der Waals surface area contributed by atoms with Crippen LogP contribution in [-0.4, -0.2) is 46.9 Å². The van der Waals surface area contributed by atoms with Gasteiger partial charge in [0.25, 0.3) is 0 Å². The van der Waals surface area contributed by atoms with E-state index in [2.05, 4.69) is 26.1 Å². The minimum atomic E-state index is -0.777. The van der Waals surface area contributed by atoms with E-state index in [1.54, 1.807) is 0 Å². The van der Waals surface area contributed by atoms with E-state index in [1.807, 2.05) is 0 Å². The van der Waals surface area contributed by atoms with Gasteiger partial charge in [-0.05, 0) is 25.7 Å². The molecule has 0 fully saturated rings. The van der Waals surface area contributed by atoms with Gasteiger partial charge in [0, 0.05) is 6.42 Å². The second-order valence-corrected chi connectivity index (χ2v) is 16.9. The summed E-state index contributed by atoms with van der Waals surface area (Å²) in [7, 11) is 0. The van der Waals surface area contributed by atoms with Crippen LogP contribution in [0.15, 0.2) is 0 Å². The predicted octanol–water partition coefficient (Wildman–Crippen LogP) is 14.0. The molecule has 0 saturated heterocycles. The zero-order chi connectivity index (χ0) is 39.6. The Morgan fingerprint density at radius 1 is 0.463 bits per heavy atom. The molecule has 0 aliphatic rings. The second kappa shape index (κ2) is 43.0. The maximum Gasteiger partial charge on any atom is 0.306 e. The summed E-state index contributed by atoms with van der Waals surface area (Å²) in [4.78, 5) is 26.0. The highest BCUT2D eigenvalue weighted by Crippen LogP contribution is 2.18. The summed E-state index contributed by atoms with van der Waals surface area (Å²) in [5.41, 5.74) is 0. The number of aliphatic hydroxyl groups is 2. The first-order valence-corrected chi connectivity index (χ1v) is 24.3. The third kappa shape index (κ3) is 37.8. The van der Waals surface area contributed by atoms with Crippen molar-refractivity contribution in [2.24, 2.45) is 0 Å². The van der Waals surface area contributed by atoms with Crippen molar-refractivity contribution in [3.63, 3.8) is 0 Å². The van der Waals surface area contributed by atoms with Gasteiger partial charge in [-0.2, -0.15) is 0 Å². The Balaban J connectivity index is 4.53. The fraction of sp³-hybridized carbons (Fsp3) is 0.958. The Morgan fingerprint density at radius 2 is 0.778 bits per heavy atom. The summed E-state index contributed by atoms with van der Waals surface area (Å²) in [6.45, 7) is 6.48. The lowest BCUT2D eigenvalue weighted by atomic mass is 10.0. The van der Waals surface area contributed by atoms with Crippen LogP contribution in [0.1, 0.15) is 271 Å². The van der Waals surface area contributed by atoms with Crippen LogP contribution in [0.2, 0.25) is 0 Å². The van der Waals surface area contributed by atoms with Crippen LogP contribution in [0.25, 0.3) is 0 Å². The number of hydrogen-bond donors (Lipinski definition) is 3. The lowest BCUT2D eigenvalue weighted by Crippen LogP contribution is -2.46. The number of aliphatic hydroxyl groups excluding tert-OH is 2. The molecule has 6 heteroatoms. The van der Waals surface area contributed by atoms with E-state index >= 15 is 0 Å². The number of nitrogens with one attached hydrogen (secondary N) is 1. The van der Waals surface area contributed by atoms with Crippen LogP contribution in [-0.2, 0) is 14.3 Å². The quantitative estimate of drug-likeness (QED) is 0.0424. The maximum absolute atomic E-state index is 13.1. The number of carbonyl (C=O) groups is 2. The highest BCUT2D eigenvalue weighted by atomic mass is 16.5. The molecular weight excluding hydrogens is 671 g/mol. The van der Waals surface area contributed by atoms with Crippen molar-refractivity contribution in [3.8, 4) is 0 Å². The summed E-state index contributed by atoms with van der Waals surface area (Å²) in [6, 6.07) is -0.690. The van der Waals surface area contributed by atoms with Crippen LogP contribution < -0.4 is 5.32 Å². The van der Waals surface area contributed by atoms with Crippen molar-refractivity contribution >= 4 is 11.9 Å². The number of unbranched alkanes of at least 4 members (excludes halogenated alkanes) is 32. The number of hydrogen-bond acceptors (Lipinski definition) is 5. The molecule has 3 N–H and O–H groups in total. The monoisotopic (exact) mass is 766 g/mol. The Morgan fingerprint density at radius 3 is 1.13 bits per heavy atom. The molecule has 0 aromatic heterocycles. The van der Waals surface area contributed by atoms with Crippen molar-refractivity contribution in [1.29, 1.82) is 0 Å². The molecule has 0 aromatic carbocycles. The van der Waals surface area contributed by atoms with Gasteiger partial charge in [-0.1, -0.05) is 233 Å². The van der Waals surface area contributed by atoms with E-state index < -0.39 is 18.2 Å². The first-order valence-electron chi connectivity index (χ1n) is 24.3. The standard InChI is InChI=1S/C48H95NO5/c1-4-7-10-13-16-19-21-22-23-24-26-28-30-33-36-39-44(54-48(53)41-38-35-32-29-25-20-17-14-11-8-5-2)42-47(52)49-45(43-50)46(51)40-37-34-31-27-18-15-12-9-6-3/h44-46,50-51H,4-43H2,1-3H3,(H,49,52). The summed E-state index contributed by atoms with van der Waals surface area (Å²) in [5.74, 6) is -0.456. The summed E-state index contributed by atoms with van der Waals surface area (Å²) < 4.78 is 5.92. The number of amides is 1. The fourth-order valence-corrected chi connectivity index (χ4v) is 7.73. The molecule has 0 aliphatic carbocycles. The lowest BCUT2D eigenvalue weighted by molar-refractivity contribution is -0.151. The van der Waals surface area contributed by atoms with Crippen LogP contribution in [0, 0.1) is 0 Å². The van der Waals surface area contributed by atoms with E-state index in [9.17, 15) is 19.8 Å². The molecule has 0 aromatic rings. The van der Waals surface area contributed by atoms with Gasteiger partial charge < -0.3 is 20.3 Å². The topological polar surface area (TPSA) is 95.9 Å². The van der Waals surface area contributed by atoms with Gasteiger partial charge in [0.15, 0.2) is 0 Å². The molecule has 0 saturated carbocycles. The second-order valence-electron chi connectivity index (χ2n) is 16.9. The van der Waals surface area contributed by atoms with Crippen molar-refractivity contribution < 1.29 is 24.5 Å². The minimum Gasteiger partial charge on any atom is -0.462 e. The smallest absolute Gasteiger partial charge is 0.306 e. The predicted molar refractivity (Wildman–Crippen MR) is 232 cm³/mol. The fourth-order valence-electron chi connectivity index (χ4n) is 7.73. The van der Waals surface area contributed by atoms with Crippen molar-refractivity contribution in [3.05, 3.63) is 0 Å². The molecule has 0 aliphatic heterocycles. The first kappa shape index (κ1) is 52.9. The molecule has 54 heavy (non-hydrogen) atoms. The highest BCUT2D eigenvalue weighted by molar-refractivity contribution is 5.77. The van der Waals surface area contributed by atoms with E-state index in [-0.39, 0.29) is 24.9 Å². The molecule has 3 atom stereocenters. The zero-order valence-corrected chi connectivity index (χ0v) is 36.6. The molecule has 1 amide bonds. The summed E-state index contributed by atoms with van der Waals surface area (Å²) >= 11 is 0. The minimum absolute atomic E-state index is 0.0872. The van der Waals surface area contributed by atoms with Gasteiger partial charge >= 0.3 is 5.97 Å². The van der Waals surface area contributed by atoms with Gasteiger partial charge in [-0.25, -0.2) is 0 Å². The Labute approximate surface area is 336 Å². The summed E-state index contributed by atoms with van der Waals surface area (Å²) in [6.07, 6.45) is 44.5. The van der Waals surface area contributed by atoms with E-state index in [1.165, 1.54) is 180 Å². The molecule has 0 heterocycles. The van der Waals surface area contributed by atoms with Crippen LogP contribution in [0.5, 0.6) is 0 Å². The number of ether oxygens (including phenoxy) is 1. The van der Waals surface area contributed by atoms with E-state index in [0.29, 0.717) is 19.3 Å². The van der Waals surface area contributed by atoms with E-state index in [0.717, 1.165) is 44.9 Å². The number of carbonyl (C=O) groups excluding carboxylic acids is 2. The lowest BCUT2D eigenvalue weighted by Gasteiger charge is -2.24. The van der Waals surface area contributed by atoms with Gasteiger partial charge in [-0.15, -0.1) is 0 Å². The molecule has 3 unspecified atom stereocenters. The highest BCUT2D eigenvalue weighted by Gasteiger charge is 2.24. The summed E-state index contributed by atoms with van der Waals surface area (Å²) in [5, 5.41) is 23.6. The molecular formula is C48H95NO5. The van der Waals surface area contributed by atoms with Crippen LogP contribution in [0.4, 0.5) is 0 Å². The maximum atomic E-state index is 13.1. The normalized spacial score (nSPS) is 13.2. The van der Waals surface area contributed by atoms with Crippen molar-refractivity contribution in [2.75, 3.05) is 6.61 Å². The average molecular weight is 766 g/mol. The van der Waals surface area contributed by atoms with Crippen LogP contribution >= 0.6 is 0 Å². The largest absolute Gasteiger partial charge is 0.462 e. The van der Waals surface area contributed by atoms with Crippen molar-refractivity contribution in [1.82, 2.24) is 5.32 Å². The van der Waals surface area contributed by atoms with Gasteiger partial charge in [0.05, 0.1) is 25.2 Å². The molecule has 0 spiro atoms. The molecule has 6 nitrogen and oxygen atoms in total. The molecule has 0 rings (SSSR count). The molecule has 322 valence electrons. The Bertz CT molecular complexity index is 776. The molecule has 0 radical (unpaired) electrons. The number of rotatable bonds is 44. The number of esters is 1. The third-order valence-corrected chi connectivity index (χ3v) is 11.4. The van der Waals surface area contributed by atoms with Gasteiger partial charge in [0.2, 0.25) is 5.91 Å². The van der Waals surface area contributed by atoms with Gasteiger partial charge in [0.1, 0.15) is 6.10 Å². The zero-order valence-electron chi connectivity index (χ0n) is 36.6. The molecule has 0 bridgehead atoms. The van der Waals surface area contributed by atoms with Crippen LogP contribution in [0.3, 0.4) is 0 Å². The van der Waals surface area contributed by atoms with Gasteiger partial charge in [-0.3, -0.25) is 9.59 Å². The van der Waals surface area contributed by atoms with E-state index in [4.69, 9.17) is 4.74 Å². The average Bonchev–Trinajstić information content (AvgIpc) is 3.16. The van der Waals surface area contributed by atoms with Crippen molar-refractivity contribution in [2.45, 2.75) is 289 Å². The Kier molecular flexibility index (Phi) is 42.1. The SMILES string of the molecule is CCCCCCCCCCCCCCCCCC(CC(=O)NC(CO)C(O)CCCCCCCCCCC)OC(=O)CCCCCCCCCCCCC. The first-order chi connectivity index (χ1) is 26.5. The Hall–Kier alpha value is -1.14. The third-order valence-electron chi connectivity index (χ3n) is 11.4.